The SMILES string of the molecule is CCCCCCCCCCCCCCCC(=O)OC[C@H](COP(=O)(O)OCCNC(=O)[C@H](C)NC(=O)CC[C@@H](NC(=O)[C@H](C)NC(=O)[C@@H](C)OC1[C@@H](NC(C)=O)[C@H](O)O[C@H](CO)[C@H]1O)C(N)=O)OC(=O)CCCCCCCCCCCCCCC. The van der Waals surface area contributed by atoms with Crippen LogP contribution >= 0.6 is 7.82 Å². The maximum Gasteiger partial charge on any atom is 0.472 e. The van der Waals surface area contributed by atoms with Crippen molar-refractivity contribution in [1.82, 2.24) is 26.6 Å². The number of carbonyl (C=O) groups excluding carboxylic acids is 8. The summed E-state index contributed by atoms with van der Waals surface area (Å²) < 4.78 is 44.8. The highest BCUT2D eigenvalue weighted by atomic mass is 31.2. The fourth-order valence-electron chi connectivity index (χ4n) is 9.46. The zero-order valence-electron chi connectivity index (χ0n) is 52.0. The Kier molecular flexibility index (Phi) is 44.2. The zero-order chi connectivity index (χ0) is 63.4. The van der Waals surface area contributed by atoms with Gasteiger partial charge in [-0.05, 0) is 40.0 Å². The molecule has 0 aromatic heterocycles. The molecule has 1 rings (SSSR count). The summed E-state index contributed by atoms with van der Waals surface area (Å²) >= 11 is 0. The Morgan fingerprint density at radius 2 is 1.09 bits per heavy atom. The van der Waals surface area contributed by atoms with Gasteiger partial charge >= 0.3 is 19.8 Å². The van der Waals surface area contributed by atoms with E-state index in [0.29, 0.717) is 12.8 Å². The molecule has 85 heavy (non-hydrogen) atoms. The number of hydrogen-bond donors (Lipinski definition) is 10. The van der Waals surface area contributed by atoms with Crippen LogP contribution in [-0.4, -0.2) is 162 Å². The van der Waals surface area contributed by atoms with Gasteiger partial charge in [-0.25, -0.2) is 4.57 Å². The standard InChI is InChI=1S/C59H109N6O19P/c1-7-9-11-13-15-17-19-21-23-25-27-29-31-33-50(69)79-40-46(83-51(70)34-32-30-28-26-24-22-20-18-16-14-12-10-8-2)41-81-85(77,78)80-38-37-61-56(73)42(3)62-49(68)36-35-47(55(60)72)65-57(74)43(4)63-58(75)44(5)82-54-52(64-45(6)67)59(76)84-48(39-66)53(54)71/h42-44,46-48,52-54,59,66,71,76H,7-41H2,1-6H3,(H2,60,72)(H,61,73)(H,62,68)(H,63,75)(H,64,67)(H,65,74)(H,77,78)/t42-,43-,44+,46+,47+,48+,52+,53+,54?,59+/m0/s1. The molecule has 26 heteroatoms. The molecule has 11 N–H and O–H groups in total. The average Bonchev–Trinajstić information content (AvgIpc) is 2.41. The van der Waals surface area contributed by atoms with Gasteiger partial charge in [0.15, 0.2) is 12.4 Å². The highest BCUT2D eigenvalue weighted by Gasteiger charge is 2.47. The maximum atomic E-state index is 13.0. The van der Waals surface area contributed by atoms with Gasteiger partial charge in [-0.3, -0.25) is 47.4 Å². The summed E-state index contributed by atoms with van der Waals surface area (Å²) in [6.07, 6.45) is 20.8. The Morgan fingerprint density at radius 1 is 0.612 bits per heavy atom. The number of phosphoric ester groups is 1. The number of unbranched alkanes of at least 4 members (excludes halogenated alkanes) is 24. The molecule has 1 aliphatic heterocycles. The first-order valence-electron chi connectivity index (χ1n) is 31.5. The third-order valence-electron chi connectivity index (χ3n) is 14.6. The smallest absolute Gasteiger partial charge is 0.462 e. The van der Waals surface area contributed by atoms with Crippen molar-refractivity contribution in [3.8, 4) is 0 Å². The minimum atomic E-state index is -4.80. The van der Waals surface area contributed by atoms with Gasteiger partial charge in [0.05, 0.1) is 19.8 Å². The third-order valence-corrected chi connectivity index (χ3v) is 15.6. The van der Waals surface area contributed by atoms with Crippen LogP contribution in [0.5, 0.6) is 0 Å². The highest BCUT2D eigenvalue weighted by molar-refractivity contribution is 7.47. The number of esters is 2. The largest absolute Gasteiger partial charge is 0.472 e. The number of primary amides is 1. The number of phosphoric acid groups is 1. The van der Waals surface area contributed by atoms with Crippen molar-refractivity contribution >= 4 is 55.2 Å². The Balaban J connectivity index is 2.62. The molecule has 11 atom stereocenters. The lowest BCUT2D eigenvalue weighted by molar-refractivity contribution is -0.266. The van der Waals surface area contributed by atoms with Crippen molar-refractivity contribution in [1.29, 1.82) is 0 Å². The molecule has 0 spiro atoms. The molecule has 2 unspecified atom stereocenters. The van der Waals surface area contributed by atoms with Crippen molar-refractivity contribution in [2.45, 2.75) is 295 Å². The second-order valence-corrected chi connectivity index (χ2v) is 23.9. The summed E-state index contributed by atoms with van der Waals surface area (Å²) in [4.78, 5) is 112. The summed E-state index contributed by atoms with van der Waals surface area (Å²) in [6.45, 7) is 6.89. The number of nitrogens with two attached hydrogens (primary N) is 1. The molecule has 0 aliphatic carbocycles. The third kappa shape index (κ3) is 38.5. The lowest BCUT2D eigenvalue weighted by atomic mass is 9.96. The summed E-state index contributed by atoms with van der Waals surface area (Å²) in [7, 11) is -4.80. The van der Waals surface area contributed by atoms with Gasteiger partial charge < -0.3 is 71.5 Å². The Hall–Kier alpha value is -4.33. The van der Waals surface area contributed by atoms with E-state index in [1.54, 1.807) is 0 Å². The van der Waals surface area contributed by atoms with E-state index in [2.05, 4.69) is 40.4 Å². The van der Waals surface area contributed by atoms with Crippen molar-refractivity contribution in [2.24, 2.45) is 5.73 Å². The van der Waals surface area contributed by atoms with Gasteiger partial charge in [0.1, 0.15) is 55.2 Å². The van der Waals surface area contributed by atoms with Crippen molar-refractivity contribution < 1.29 is 91.1 Å². The van der Waals surface area contributed by atoms with Gasteiger partial charge in [-0.1, -0.05) is 168 Å². The van der Waals surface area contributed by atoms with E-state index >= 15 is 0 Å². The van der Waals surface area contributed by atoms with Crippen LogP contribution in [0.4, 0.5) is 0 Å². The predicted molar refractivity (Wildman–Crippen MR) is 318 cm³/mol. The van der Waals surface area contributed by atoms with Gasteiger partial charge in [0.25, 0.3) is 0 Å². The van der Waals surface area contributed by atoms with Crippen LogP contribution in [-0.2, 0) is 70.9 Å². The first-order chi connectivity index (χ1) is 40.5. The number of rotatable bonds is 52. The molecule has 1 fully saturated rings. The Bertz CT molecular complexity index is 1960. The van der Waals surface area contributed by atoms with Crippen molar-refractivity contribution in [3.63, 3.8) is 0 Å². The van der Waals surface area contributed by atoms with E-state index < -0.39 is 149 Å². The molecule has 1 saturated heterocycles. The number of aliphatic hydroxyl groups is 3. The highest BCUT2D eigenvalue weighted by Crippen LogP contribution is 2.43. The first-order valence-corrected chi connectivity index (χ1v) is 33.0. The van der Waals surface area contributed by atoms with Gasteiger partial charge in [-0.15, -0.1) is 0 Å². The van der Waals surface area contributed by atoms with E-state index in [-0.39, 0.29) is 25.8 Å². The lowest BCUT2D eigenvalue weighted by Crippen LogP contribution is -2.65. The molecule has 1 heterocycles. The van der Waals surface area contributed by atoms with Gasteiger partial charge in [0.2, 0.25) is 35.4 Å². The van der Waals surface area contributed by atoms with Gasteiger partial charge in [-0.2, -0.15) is 0 Å². The summed E-state index contributed by atoms with van der Waals surface area (Å²) in [5.74, 6) is -5.88. The minimum absolute atomic E-state index is 0.110. The van der Waals surface area contributed by atoms with E-state index in [1.165, 1.54) is 130 Å². The van der Waals surface area contributed by atoms with E-state index in [1.807, 2.05) is 0 Å². The second kappa shape index (κ2) is 47.7. The molecule has 0 radical (unpaired) electrons. The number of carbonyl (C=O) groups is 8. The minimum Gasteiger partial charge on any atom is -0.462 e. The molecule has 6 amide bonds. The fourth-order valence-corrected chi connectivity index (χ4v) is 10.2. The number of amides is 6. The average molecular weight is 1240 g/mol. The van der Waals surface area contributed by atoms with Gasteiger partial charge in [0, 0.05) is 32.7 Å². The first kappa shape index (κ1) is 78.7. The molecule has 0 saturated carbocycles. The Labute approximate surface area is 505 Å². The fraction of sp³-hybridized carbons (Fsp3) is 0.864. The molecular formula is C59H109N6O19P. The molecule has 0 aromatic carbocycles. The zero-order valence-corrected chi connectivity index (χ0v) is 52.9. The van der Waals surface area contributed by atoms with E-state index in [9.17, 15) is 63.1 Å². The summed E-state index contributed by atoms with van der Waals surface area (Å²) in [5, 5.41) is 42.6. The number of ether oxygens (including phenoxy) is 4. The maximum absolute atomic E-state index is 13.0. The monoisotopic (exact) mass is 1240 g/mol. The van der Waals surface area contributed by atoms with Crippen LogP contribution < -0.4 is 32.3 Å². The molecule has 1 aliphatic rings. The van der Waals surface area contributed by atoms with Crippen molar-refractivity contribution in [3.05, 3.63) is 0 Å². The van der Waals surface area contributed by atoms with Crippen LogP contribution in [0.2, 0.25) is 0 Å². The lowest BCUT2D eigenvalue weighted by Gasteiger charge is -2.43. The molecule has 0 bridgehead atoms. The number of hydrogen-bond acceptors (Lipinski definition) is 18. The normalized spacial score (nSPS) is 19.2. The van der Waals surface area contributed by atoms with E-state index in [4.69, 9.17) is 33.7 Å². The summed E-state index contributed by atoms with van der Waals surface area (Å²) in [6, 6.07) is -5.19. The van der Waals surface area contributed by atoms with Crippen LogP contribution in [0.25, 0.3) is 0 Å². The topological polar surface area (TPSA) is 376 Å². The van der Waals surface area contributed by atoms with Crippen LogP contribution in [0, 0.1) is 0 Å². The number of aliphatic hydroxyl groups excluding tert-OH is 3. The second-order valence-electron chi connectivity index (χ2n) is 22.4. The molecule has 25 nitrogen and oxygen atoms in total. The number of nitrogens with one attached hydrogen (secondary N) is 5. The molecule has 0 aromatic rings. The predicted octanol–water partition coefficient (Wildman–Crippen LogP) is 5.76. The van der Waals surface area contributed by atoms with Crippen LogP contribution in [0.15, 0.2) is 0 Å². The van der Waals surface area contributed by atoms with Crippen LogP contribution in [0.1, 0.15) is 234 Å². The van der Waals surface area contributed by atoms with Crippen LogP contribution in [0.3, 0.4) is 0 Å². The molecule has 494 valence electrons. The quantitative estimate of drug-likeness (QED) is 0.0196. The van der Waals surface area contributed by atoms with E-state index in [0.717, 1.165) is 51.9 Å². The van der Waals surface area contributed by atoms with Crippen molar-refractivity contribution in [2.75, 3.05) is 33.0 Å². The Morgan fingerprint density at radius 3 is 1.58 bits per heavy atom. The molecular weight excluding hydrogens is 1130 g/mol. The summed E-state index contributed by atoms with van der Waals surface area (Å²) in [5.41, 5.74) is 5.49.